The SMILES string of the molecule is O=C(c1ccc(Br)cc1)C(C[NH+]1CCOCC1)c1ccccc1.[Cl-]. The van der Waals surface area contributed by atoms with Crippen LogP contribution in [0.15, 0.2) is 59.1 Å². The second-order valence-electron chi connectivity index (χ2n) is 5.90. The van der Waals surface area contributed by atoms with Crippen LogP contribution < -0.4 is 17.3 Å². The number of benzene rings is 2. The van der Waals surface area contributed by atoms with Crippen molar-refractivity contribution in [1.29, 1.82) is 0 Å². The first-order chi connectivity index (χ1) is 11.2. The first kappa shape index (κ1) is 19.1. The Hall–Kier alpha value is -1.20. The lowest BCUT2D eigenvalue weighted by Crippen LogP contribution is -3.14. The molecule has 2 aromatic rings. The van der Waals surface area contributed by atoms with Gasteiger partial charge in [-0.05, 0) is 17.7 Å². The summed E-state index contributed by atoms with van der Waals surface area (Å²) < 4.78 is 6.42. The van der Waals surface area contributed by atoms with Gasteiger partial charge in [-0.25, -0.2) is 0 Å². The number of carbonyl (C=O) groups is 1. The topological polar surface area (TPSA) is 30.7 Å². The second kappa shape index (κ2) is 9.33. The van der Waals surface area contributed by atoms with Crippen molar-refractivity contribution in [3.05, 3.63) is 70.2 Å². The van der Waals surface area contributed by atoms with Crippen molar-refractivity contribution < 1.29 is 26.8 Å². The molecule has 3 rings (SSSR count). The molecule has 0 amide bonds. The van der Waals surface area contributed by atoms with Crippen LogP contribution in [0.4, 0.5) is 0 Å². The molecule has 24 heavy (non-hydrogen) atoms. The summed E-state index contributed by atoms with van der Waals surface area (Å²) in [5.41, 5.74) is 1.87. The van der Waals surface area contributed by atoms with Crippen molar-refractivity contribution in [3.63, 3.8) is 0 Å². The number of carbonyl (C=O) groups excluding carboxylic acids is 1. The fraction of sp³-hybridized carbons (Fsp3) is 0.316. The third-order valence-electron chi connectivity index (χ3n) is 4.34. The van der Waals surface area contributed by atoms with E-state index in [0.717, 1.165) is 48.4 Å². The summed E-state index contributed by atoms with van der Waals surface area (Å²) in [6.07, 6.45) is 0. The standard InChI is InChI=1S/C19H20BrNO2.ClH/c20-17-8-6-16(7-9-17)19(22)18(15-4-2-1-3-5-15)14-21-10-12-23-13-11-21;/h1-9,18H,10-14H2;1H. The van der Waals surface area contributed by atoms with Crippen molar-refractivity contribution in [1.82, 2.24) is 0 Å². The Balaban J connectivity index is 0.00000208. The number of halogens is 2. The van der Waals surface area contributed by atoms with E-state index >= 15 is 0 Å². The highest BCUT2D eigenvalue weighted by atomic mass is 79.9. The van der Waals surface area contributed by atoms with Gasteiger partial charge >= 0.3 is 0 Å². The molecule has 0 radical (unpaired) electrons. The summed E-state index contributed by atoms with van der Waals surface area (Å²) in [6, 6.07) is 17.8. The maximum absolute atomic E-state index is 13.1. The predicted molar refractivity (Wildman–Crippen MR) is 94.0 cm³/mol. The first-order valence-corrected chi connectivity index (χ1v) is 8.79. The maximum atomic E-state index is 13.1. The number of rotatable bonds is 5. The van der Waals surface area contributed by atoms with Gasteiger partial charge in [-0.1, -0.05) is 58.4 Å². The van der Waals surface area contributed by atoms with Crippen LogP contribution in [-0.2, 0) is 4.74 Å². The van der Waals surface area contributed by atoms with Crippen LogP contribution in [-0.4, -0.2) is 38.6 Å². The third-order valence-corrected chi connectivity index (χ3v) is 4.87. The molecule has 1 heterocycles. The van der Waals surface area contributed by atoms with Gasteiger partial charge < -0.3 is 22.0 Å². The van der Waals surface area contributed by atoms with E-state index in [4.69, 9.17) is 4.74 Å². The van der Waals surface area contributed by atoms with E-state index in [1.807, 2.05) is 42.5 Å². The number of morpholine rings is 1. The van der Waals surface area contributed by atoms with Crippen LogP contribution in [0.1, 0.15) is 21.8 Å². The summed E-state index contributed by atoms with van der Waals surface area (Å²) in [5, 5.41) is 0. The molecule has 1 N–H and O–H groups in total. The Labute approximate surface area is 157 Å². The lowest BCUT2D eigenvalue weighted by atomic mass is 9.90. The Morgan fingerprint density at radius 3 is 2.29 bits per heavy atom. The highest BCUT2D eigenvalue weighted by Crippen LogP contribution is 2.21. The van der Waals surface area contributed by atoms with Crippen LogP contribution in [0.2, 0.25) is 0 Å². The molecule has 1 unspecified atom stereocenters. The average Bonchev–Trinajstić information content (AvgIpc) is 2.61. The summed E-state index contributed by atoms with van der Waals surface area (Å²) in [4.78, 5) is 14.5. The minimum absolute atomic E-state index is 0. The number of hydrogen-bond donors (Lipinski definition) is 1. The number of quaternary nitrogens is 1. The van der Waals surface area contributed by atoms with Gasteiger partial charge in [-0.2, -0.15) is 0 Å². The molecular weight excluding hydrogens is 390 g/mol. The summed E-state index contributed by atoms with van der Waals surface area (Å²) in [7, 11) is 0. The number of Topliss-reactive ketones (excluding diaryl/α,β-unsaturated/α-hetero) is 1. The van der Waals surface area contributed by atoms with Gasteiger partial charge in [0, 0.05) is 10.0 Å². The van der Waals surface area contributed by atoms with E-state index in [-0.39, 0.29) is 24.1 Å². The zero-order valence-corrected chi connectivity index (χ0v) is 15.7. The van der Waals surface area contributed by atoms with Crippen LogP contribution in [0, 0.1) is 0 Å². The number of hydrogen-bond acceptors (Lipinski definition) is 2. The predicted octanol–water partition coefficient (Wildman–Crippen LogP) is -0.665. The fourth-order valence-corrected chi connectivity index (χ4v) is 3.28. The highest BCUT2D eigenvalue weighted by molar-refractivity contribution is 9.10. The van der Waals surface area contributed by atoms with Crippen LogP contribution in [0.3, 0.4) is 0 Å². The van der Waals surface area contributed by atoms with E-state index < -0.39 is 0 Å². The van der Waals surface area contributed by atoms with E-state index in [9.17, 15) is 4.79 Å². The molecule has 0 aliphatic carbocycles. The van der Waals surface area contributed by atoms with Gasteiger partial charge in [0.25, 0.3) is 0 Å². The molecule has 5 heteroatoms. The van der Waals surface area contributed by atoms with Crippen molar-refractivity contribution in [2.75, 3.05) is 32.8 Å². The van der Waals surface area contributed by atoms with Crippen LogP contribution in [0.5, 0.6) is 0 Å². The molecule has 2 aromatic carbocycles. The second-order valence-corrected chi connectivity index (χ2v) is 6.82. The summed E-state index contributed by atoms with van der Waals surface area (Å²) in [6.45, 7) is 4.32. The molecule has 0 saturated carbocycles. The van der Waals surface area contributed by atoms with Crippen molar-refractivity contribution in [2.45, 2.75) is 5.92 Å². The molecule has 0 bridgehead atoms. The van der Waals surface area contributed by atoms with Gasteiger partial charge in [0.15, 0.2) is 5.78 Å². The van der Waals surface area contributed by atoms with E-state index in [2.05, 4.69) is 28.1 Å². The minimum atomic E-state index is -0.106. The fourth-order valence-electron chi connectivity index (χ4n) is 3.02. The number of nitrogens with one attached hydrogen (secondary N) is 1. The third kappa shape index (κ3) is 4.90. The van der Waals surface area contributed by atoms with Gasteiger partial charge in [0.2, 0.25) is 0 Å². The number of ether oxygens (including phenoxy) is 1. The van der Waals surface area contributed by atoms with Crippen molar-refractivity contribution in [2.24, 2.45) is 0 Å². The molecule has 0 spiro atoms. The maximum Gasteiger partial charge on any atom is 0.175 e. The lowest BCUT2D eigenvalue weighted by Gasteiger charge is -2.27. The normalized spacial score (nSPS) is 16.2. The largest absolute Gasteiger partial charge is 1.00 e. The molecule has 1 aliphatic heterocycles. The van der Waals surface area contributed by atoms with Gasteiger partial charge in [0.1, 0.15) is 13.1 Å². The molecule has 3 nitrogen and oxygen atoms in total. The molecule has 128 valence electrons. The Bertz CT molecular complexity index is 642. The molecule has 0 aromatic heterocycles. The molecule has 1 aliphatic rings. The van der Waals surface area contributed by atoms with Gasteiger partial charge in [0.05, 0.1) is 25.7 Å². The van der Waals surface area contributed by atoms with Crippen molar-refractivity contribution >= 4 is 21.7 Å². The average molecular weight is 411 g/mol. The lowest BCUT2D eigenvalue weighted by molar-refractivity contribution is -0.908. The quantitative estimate of drug-likeness (QED) is 0.663. The van der Waals surface area contributed by atoms with Crippen LogP contribution >= 0.6 is 15.9 Å². The summed E-state index contributed by atoms with van der Waals surface area (Å²) >= 11 is 3.43. The van der Waals surface area contributed by atoms with Gasteiger partial charge in [-0.3, -0.25) is 4.79 Å². The van der Waals surface area contributed by atoms with E-state index in [1.54, 1.807) is 0 Å². The summed E-state index contributed by atoms with van der Waals surface area (Å²) in [5.74, 6) is 0.0909. The zero-order valence-electron chi connectivity index (χ0n) is 13.4. The zero-order chi connectivity index (χ0) is 16.1. The first-order valence-electron chi connectivity index (χ1n) is 8.00. The van der Waals surface area contributed by atoms with Crippen LogP contribution in [0.25, 0.3) is 0 Å². The molecule has 1 fully saturated rings. The Morgan fingerprint density at radius 1 is 1.04 bits per heavy atom. The Morgan fingerprint density at radius 2 is 1.67 bits per heavy atom. The van der Waals surface area contributed by atoms with Crippen molar-refractivity contribution in [3.8, 4) is 0 Å². The Kier molecular flexibility index (Phi) is 7.43. The highest BCUT2D eigenvalue weighted by Gasteiger charge is 2.28. The van der Waals surface area contributed by atoms with Gasteiger partial charge in [-0.15, -0.1) is 0 Å². The molecule has 1 atom stereocenters. The number of ketones is 1. The monoisotopic (exact) mass is 409 g/mol. The smallest absolute Gasteiger partial charge is 0.175 e. The molecular formula is C19H21BrClNO2. The van der Waals surface area contributed by atoms with E-state index in [1.165, 1.54) is 4.90 Å². The van der Waals surface area contributed by atoms with E-state index in [0.29, 0.717) is 0 Å². The molecule has 1 saturated heterocycles. The minimum Gasteiger partial charge on any atom is -1.00 e.